The van der Waals surface area contributed by atoms with E-state index in [9.17, 15) is 13.0 Å². The van der Waals surface area contributed by atoms with Gasteiger partial charge in [-0.2, -0.15) is 8.42 Å². The van der Waals surface area contributed by atoms with Crippen LogP contribution in [0.15, 0.2) is 70.3 Å². The summed E-state index contributed by atoms with van der Waals surface area (Å²) in [6.07, 6.45) is 5.61. The second-order valence-corrected chi connectivity index (χ2v) is 13.8. The Bertz CT molecular complexity index is 1290. The normalized spacial score (nSPS) is 17.7. The summed E-state index contributed by atoms with van der Waals surface area (Å²) < 4.78 is 33.1. The molecule has 5 nitrogen and oxygen atoms in total. The quantitative estimate of drug-likeness (QED) is 0.391. The third kappa shape index (κ3) is 3.11. The number of rotatable bonds is 2. The van der Waals surface area contributed by atoms with E-state index in [0.717, 1.165) is 38.2 Å². The molecular formula is C22H22N2O3SSi. The molecule has 0 saturated heterocycles. The van der Waals surface area contributed by atoms with Crippen LogP contribution in [0.5, 0.6) is 0 Å². The minimum absolute atomic E-state index is 0.136. The van der Waals surface area contributed by atoms with Crippen LogP contribution in [0.25, 0.3) is 5.57 Å². The summed E-state index contributed by atoms with van der Waals surface area (Å²) in [5, 5.41) is 10.4. The summed E-state index contributed by atoms with van der Waals surface area (Å²) in [7, 11) is -6.45. The highest BCUT2D eigenvalue weighted by Crippen LogP contribution is 2.42. The standard InChI is InChI=1S/C22H22N2O3SSi/c1-13-4-7-16(28(25,26)27)12-19(13)22-17-8-5-14(23)10-20(17)29(2,3)21-11-15(24)6-9-18(21)22/h4-12,23H,24H2,1-3H3,(H,25,26,27). The predicted molar refractivity (Wildman–Crippen MR) is 120 cm³/mol. The summed E-state index contributed by atoms with van der Waals surface area (Å²) >= 11 is 0. The molecule has 0 bridgehead atoms. The van der Waals surface area contributed by atoms with Crippen LogP contribution < -0.4 is 10.9 Å². The van der Waals surface area contributed by atoms with E-state index < -0.39 is 18.2 Å². The van der Waals surface area contributed by atoms with E-state index in [1.807, 2.05) is 37.3 Å². The zero-order chi connectivity index (χ0) is 21.1. The van der Waals surface area contributed by atoms with E-state index >= 15 is 0 Å². The molecule has 7 heteroatoms. The van der Waals surface area contributed by atoms with Crippen molar-refractivity contribution in [3.63, 3.8) is 0 Å². The van der Waals surface area contributed by atoms with Gasteiger partial charge in [0, 0.05) is 5.69 Å². The number of fused-ring (bicyclic) bond motifs is 2. The van der Waals surface area contributed by atoms with Crippen LogP contribution in [0.2, 0.25) is 13.1 Å². The van der Waals surface area contributed by atoms with Gasteiger partial charge < -0.3 is 11.1 Å². The molecule has 2 aliphatic rings. The van der Waals surface area contributed by atoms with E-state index in [4.69, 9.17) is 11.1 Å². The van der Waals surface area contributed by atoms with Crippen LogP contribution in [0.4, 0.5) is 5.69 Å². The van der Waals surface area contributed by atoms with E-state index in [1.165, 1.54) is 12.1 Å². The highest BCUT2D eigenvalue weighted by Gasteiger charge is 2.39. The van der Waals surface area contributed by atoms with Crippen molar-refractivity contribution in [3.05, 3.63) is 82.1 Å². The van der Waals surface area contributed by atoms with Crippen LogP contribution in [0.1, 0.15) is 16.7 Å². The first-order chi connectivity index (χ1) is 13.5. The number of nitrogens with two attached hydrogens (primary N) is 1. The fourth-order valence-electron chi connectivity index (χ4n) is 4.19. The third-order valence-corrected chi connectivity index (χ3v) is 10.1. The van der Waals surface area contributed by atoms with Crippen LogP contribution in [-0.4, -0.2) is 26.8 Å². The smallest absolute Gasteiger partial charge is 0.294 e. The molecule has 29 heavy (non-hydrogen) atoms. The summed E-state index contributed by atoms with van der Waals surface area (Å²) in [5.41, 5.74) is 11.8. The zero-order valence-corrected chi connectivity index (χ0v) is 18.3. The second kappa shape index (κ2) is 6.38. The SMILES string of the molecule is Cc1ccc(S(=O)(=O)O)cc1C1=C2C=CC(=N)C=C2[Si](C)(C)c2cc(N)ccc21. The van der Waals surface area contributed by atoms with Crippen molar-refractivity contribution >= 4 is 40.4 Å². The van der Waals surface area contributed by atoms with Gasteiger partial charge in [-0.25, -0.2) is 0 Å². The first-order valence-corrected chi connectivity index (χ1v) is 13.7. The lowest BCUT2D eigenvalue weighted by Gasteiger charge is -2.38. The predicted octanol–water partition coefficient (Wildman–Crippen LogP) is 3.61. The molecular weight excluding hydrogens is 400 g/mol. The Balaban J connectivity index is 2.14. The summed E-state index contributed by atoms with van der Waals surface area (Å²) in [6.45, 7) is 6.40. The molecule has 2 aromatic rings. The molecule has 0 unspecified atom stereocenters. The van der Waals surface area contributed by atoms with Crippen molar-refractivity contribution in [3.8, 4) is 0 Å². The minimum Gasteiger partial charge on any atom is -0.399 e. The highest BCUT2D eigenvalue weighted by molar-refractivity contribution is 7.85. The van der Waals surface area contributed by atoms with Gasteiger partial charge in [-0.1, -0.05) is 31.3 Å². The number of anilines is 1. The zero-order valence-electron chi connectivity index (χ0n) is 16.4. The van der Waals surface area contributed by atoms with Gasteiger partial charge >= 0.3 is 0 Å². The Morgan fingerprint density at radius 3 is 2.45 bits per heavy atom. The molecule has 0 amide bonds. The number of nitrogen functional groups attached to an aromatic ring is 1. The number of hydrogen-bond donors (Lipinski definition) is 3. The highest BCUT2D eigenvalue weighted by atomic mass is 32.2. The van der Waals surface area contributed by atoms with E-state index in [1.54, 1.807) is 12.1 Å². The van der Waals surface area contributed by atoms with Gasteiger partial charge in [-0.15, -0.1) is 0 Å². The van der Waals surface area contributed by atoms with E-state index in [-0.39, 0.29) is 4.90 Å². The number of hydrogen-bond acceptors (Lipinski definition) is 4. The van der Waals surface area contributed by atoms with Gasteiger partial charge in [0.05, 0.1) is 10.6 Å². The second-order valence-electron chi connectivity index (χ2n) is 8.02. The lowest BCUT2D eigenvalue weighted by Crippen LogP contribution is -2.49. The molecule has 0 fully saturated rings. The first kappa shape index (κ1) is 19.6. The average molecular weight is 423 g/mol. The first-order valence-electron chi connectivity index (χ1n) is 9.22. The Labute approximate surface area is 171 Å². The van der Waals surface area contributed by atoms with Crippen LogP contribution in [0.3, 0.4) is 0 Å². The lowest BCUT2D eigenvalue weighted by atomic mass is 9.87. The van der Waals surface area contributed by atoms with Crippen molar-refractivity contribution in [1.29, 1.82) is 5.41 Å². The van der Waals surface area contributed by atoms with Crippen molar-refractivity contribution < 1.29 is 13.0 Å². The van der Waals surface area contributed by atoms with E-state index in [2.05, 4.69) is 13.1 Å². The fraction of sp³-hybridized carbons (Fsp3) is 0.136. The van der Waals surface area contributed by atoms with Crippen molar-refractivity contribution in [2.24, 2.45) is 0 Å². The number of nitrogens with one attached hydrogen (secondary N) is 1. The minimum atomic E-state index is -4.33. The largest absolute Gasteiger partial charge is 0.399 e. The van der Waals surface area contributed by atoms with Gasteiger partial charge in [0.15, 0.2) is 0 Å². The maximum atomic E-state index is 11.8. The Hall–Kier alpha value is -2.74. The van der Waals surface area contributed by atoms with Crippen LogP contribution >= 0.6 is 0 Å². The molecule has 0 spiro atoms. The number of aryl methyl sites for hydroxylation is 1. The summed E-state index contributed by atoms with van der Waals surface area (Å²) in [5.74, 6) is 0. The Kier molecular flexibility index (Phi) is 4.31. The van der Waals surface area contributed by atoms with Crippen molar-refractivity contribution in [1.82, 2.24) is 0 Å². The molecule has 148 valence electrons. The lowest BCUT2D eigenvalue weighted by molar-refractivity contribution is 0.483. The molecule has 4 rings (SSSR count). The molecule has 2 aromatic carbocycles. The molecule has 0 radical (unpaired) electrons. The van der Waals surface area contributed by atoms with Crippen LogP contribution in [0, 0.1) is 12.3 Å². The fourth-order valence-corrected chi connectivity index (χ4v) is 7.79. The molecule has 1 heterocycles. The average Bonchev–Trinajstić information content (AvgIpc) is 2.63. The van der Waals surface area contributed by atoms with E-state index in [0.29, 0.717) is 11.4 Å². The molecule has 0 atom stereocenters. The van der Waals surface area contributed by atoms with Crippen LogP contribution in [-0.2, 0) is 10.1 Å². The summed E-state index contributed by atoms with van der Waals surface area (Å²) in [6, 6.07) is 10.5. The van der Waals surface area contributed by atoms with Crippen molar-refractivity contribution in [2.45, 2.75) is 24.9 Å². The van der Waals surface area contributed by atoms with Gasteiger partial charge in [-0.05, 0) is 81.6 Å². The Morgan fingerprint density at radius 1 is 1.03 bits per heavy atom. The van der Waals surface area contributed by atoms with Gasteiger partial charge in [0.25, 0.3) is 10.1 Å². The topological polar surface area (TPSA) is 104 Å². The molecule has 0 saturated carbocycles. The molecule has 1 aliphatic carbocycles. The maximum absolute atomic E-state index is 11.8. The summed E-state index contributed by atoms with van der Waals surface area (Å²) in [4.78, 5) is -0.136. The number of benzene rings is 2. The van der Waals surface area contributed by atoms with Gasteiger partial charge in [0.2, 0.25) is 0 Å². The third-order valence-electron chi connectivity index (χ3n) is 5.72. The molecule has 4 N–H and O–H groups in total. The maximum Gasteiger partial charge on any atom is 0.294 e. The molecule has 1 aliphatic heterocycles. The molecule has 0 aromatic heterocycles. The van der Waals surface area contributed by atoms with Gasteiger partial charge in [0.1, 0.15) is 8.07 Å². The monoisotopic (exact) mass is 422 g/mol. The van der Waals surface area contributed by atoms with Crippen molar-refractivity contribution in [2.75, 3.05) is 5.73 Å². The number of allylic oxidation sites excluding steroid dienone is 5. The van der Waals surface area contributed by atoms with Gasteiger partial charge in [-0.3, -0.25) is 4.55 Å². The Morgan fingerprint density at radius 2 is 1.76 bits per heavy atom.